The smallest absolute Gasteiger partial charge is 0.273 e. The second kappa shape index (κ2) is 9.35. The van der Waals surface area contributed by atoms with Gasteiger partial charge in [0.2, 0.25) is 0 Å². The number of hydrogen-bond donors (Lipinski definition) is 2. The third kappa shape index (κ3) is 5.55. The van der Waals surface area contributed by atoms with Gasteiger partial charge in [0.05, 0.1) is 23.8 Å². The number of amides is 1. The number of nitro groups is 1. The van der Waals surface area contributed by atoms with Gasteiger partial charge >= 0.3 is 0 Å². The molecule has 0 aliphatic rings. The van der Waals surface area contributed by atoms with Crippen molar-refractivity contribution < 1.29 is 14.5 Å². The number of carbonyl (C=O) groups is 1. The number of nitrogens with one attached hydrogen (secondary N) is 2. The van der Waals surface area contributed by atoms with E-state index in [9.17, 15) is 20.2 Å². The van der Waals surface area contributed by atoms with E-state index in [1.165, 1.54) is 31.5 Å². The van der Waals surface area contributed by atoms with Gasteiger partial charge in [-0.05, 0) is 23.8 Å². The summed E-state index contributed by atoms with van der Waals surface area (Å²) in [6.07, 6.45) is 1.31. The lowest BCUT2D eigenvalue weighted by atomic mass is 10.2. The molecule has 0 unspecified atom stereocenters. The standard InChI is InChI=1S/C18H15BrN4O4/c1-27-17-8-15(23(25)26)5-6-16(17)22-18(24)13(9-20)11-21-10-12-3-2-4-14(19)7-12/h2-8,11,21H,10H2,1H3,(H,22,24)/b13-11-. The third-order valence-electron chi connectivity index (χ3n) is 3.45. The Morgan fingerprint density at radius 3 is 2.78 bits per heavy atom. The fourth-order valence-electron chi connectivity index (χ4n) is 2.15. The Bertz CT molecular complexity index is 937. The molecule has 2 aromatic carbocycles. The number of anilines is 1. The largest absolute Gasteiger partial charge is 0.494 e. The Balaban J connectivity index is 2.08. The second-order valence-electron chi connectivity index (χ2n) is 5.28. The Morgan fingerprint density at radius 2 is 2.15 bits per heavy atom. The number of nitrogens with zero attached hydrogens (tertiary/aromatic N) is 2. The van der Waals surface area contributed by atoms with Crippen LogP contribution in [0.4, 0.5) is 11.4 Å². The molecule has 2 rings (SSSR count). The second-order valence-corrected chi connectivity index (χ2v) is 6.19. The van der Waals surface area contributed by atoms with Gasteiger partial charge in [-0.1, -0.05) is 28.1 Å². The predicted molar refractivity (Wildman–Crippen MR) is 103 cm³/mol. The van der Waals surface area contributed by atoms with E-state index in [1.54, 1.807) is 0 Å². The molecule has 0 atom stereocenters. The maximum Gasteiger partial charge on any atom is 0.273 e. The van der Waals surface area contributed by atoms with Crippen LogP contribution in [0.25, 0.3) is 0 Å². The Labute approximate surface area is 163 Å². The highest BCUT2D eigenvalue weighted by molar-refractivity contribution is 9.10. The summed E-state index contributed by atoms with van der Waals surface area (Å²) in [5.74, 6) is -0.539. The molecule has 0 bridgehead atoms. The summed E-state index contributed by atoms with van der Waals surface area (Å²) >= 11 is 3.37. The van der Waals surface area contributed by atoms with Crippen molar-refractivity contribution in [3.63, 3.8) is 0 Å². The fraction of sp³-hybridized carbons (Fsp3) is 0.111. The number of carbonyl (C=O) groups excluding carboxylic acids is 1. The van der Waals surface area contributed by atoms with Crippen molar-refractivity contribution in [3.05, 3.63) is 74.4 Å². The summed E-state index contributed by atoms with van der Waals surface area (Å²) in [6, 6.07) is 13.2. The maximum atomic E-state index is 12.3. The zero-order valence-electron chi connectivity index (χ0n) is 14.2. The molecule has 0 heterocycles. The first kappa shape index (κ1) is 19.9. The highest BCUT2D eigenvalue weighted by atomic mass is 79.9. The van der Waals surface area contributed by atoms with Crippen LogP contribution in [0.1, 0.15) is 5.56 Å². The number of benzene rings is 2. The van der Waals surface area contributed by atoms with Crippen molar-refractivity contribution in [2.75, 3.05) is 12.4 Å². The minimum Gasteiger partial charge on any atom is -0.494 e. The minimum atomic E-state index is -0.661. The Morgan fingerprint density at radius 1 is 1.37 bits per heavy atom. The van der Waals surface area contributed by atoms with Crippen LogP contribution in [0.5, 0.6) is 5.75 Å². The van der Waals surface area contributed by atoms with Crippen molar-refractivity contribution in [2.45, 2.75) is 6.54 Å². The number of non-ortho nitro benzene ring substituents is 1. The molecule has 2 aromatic rings. The van der Waals surface area contributed by atoms with Gasteiger partial charge in [0.25, 0.3) is 11.6 Å². The molecule has 1 amide bonds. The molecule has 2 N–H and O–H groups in total. The Kier molecular flexibility index (Phi) is 6.91. The molecule has 0 aromatic heterocycles. The first-order valence-electron chi connectivity index (χ1n) is 7.66. The number of nitriles is 1. The zero-order chi connectivity index (χ0) is 19.8. The molecule has 138 valence electrons. The number of halogens is 1. The lowest BCUT2D eigenvalue weighted by molar-refractivity contribution is -0.384. The highest BCUT2D eigenvalue weighted by Gasteiger charge is 2.15. The van der Waals surface area contributed by atoms with Gasteiger partial charge in [0.15, 0.2) is 0 Å². The summed E-state index contributed by atoms with van der Waals surface area (Å²) in [7, 11) is 1.33. The van der Waals surface area contributed by atoms with E-state index < -0.39 is 10.8 Å². The van der Waals surface area contributed by atoms with Crippen molar-refractivity contribution in [3.8, 4) is 11.8 Å². The Hall–Kier alpha value is -3.38. The molecule has 9 heteroatoms. The quantitative estimate of drug-likeness (QED) is 0.300. The molecule has 27 heavy (non-hydrogen) atoms. The van der Waals surface area contributed by atoms with Crippen LogP contribution in [-0.2, 0) is 11.3 Å². The lowest BCUT2D eigenvalue weighted by Crippen LogP contribution is -2.17. The van der Waals surface area contributed by atoms with Gasteiger partial charge in [-0.15, -0.1) is 0 Å². The maximum absolute atomic E-state index is 12.3. The SMILES string of the molecule is COc1cc([N+](=O)[O-])ccc1NC(=O)/C(C#N)=C\NCc1cccc(Br)c1. The van der Waals surface area contributed by atoms with E-state index in [0.29, 0.717) is 6.54 Å². The number of methoxy groups -OCH3 is 1. The number of rotatable bonds is 7. The molecule has 0 spiro atoms. The monoisotopic (exact) mass is 430 g/mol. The van der Waals surface area contributed by atoms with Crippen LogP contribution >= 0.6 is 15.9 Å². The van der Waals surface area contributed by atoms with Gasteiger partial charge < -0.3 is 15.4 Å². The summed E-state index contributed by atoms with van der Waals surface area (Å²) in [5.41, 5.74) is 0.874. The summed E-state index contributed by atoms with van der Waals surface area (Å²) in [4.78, 5) is 22.5. The van der Waals surface area contributed by atoms with E-state index in [0.717, 1.165) is 10.0 Å². The molecule has 8 nitrogen and oxygen atoms in total. The normalized spacial score (nSPS) is 10.6. The van der Waals surface area contributed by atoms with E-state index in [4.69, 9.17) is 4.74 Å². The molecular formula is C18H15BrN4O4. The zero-order valence-corrected chi connectivity index (χ0v) is 15.8. The third-order valence-corrected chi connectivity index (χ3v) is 3.94. The first-order chi connectivity index (χ1) is 12.9. The molecule has 0 saturated carbocycles. The molecule has 0 fully saturated rings. The van der Waals surface area contributed by atoms with E-state index in [2.05, 4.69) is 26.6 Å². The van der Waals surface area contributed by atoms with E-state index >= 15 is 0 Å². The van der Waals surface area contributed by atoms with Crippen molar-refractivity contribution in [2.24, 2.45) is 0 Å². The molecule has 0 radical (unpaired) electrons. The average molecular weight is 431 g/mol. The predicted octanol–water partition coefficient (Wildman–Crippen LogP) is 3.50. The van der Waals surface area contributed by atoms with Crippen molar-refractivity contribution >= 4 is 33.2 Å². The fourth-order valence-corrected chi connectivity index (χ4v) is 2.60. The summed E-state index contributed by atoms with van der Waals surface area (Å²) in [5, 5.41) is 25.4. The van der Waals surface area contributed by atoms with Gasteiger partial charge in [0.1, 0.15) is 17.4 Å². The highest BCUT2D eigenvalue weighted by Crippen LogP contribution is 2.29. The van der Waals surface area contributed by atoms with Gasteiger partial charge in [0, 0.05) is 23.3 Å². The number of nitro benzene ring substituents is 1. The van der Waals surface area contributed by atoms with Crippen molar-refractivity contribution in [1.29, 1.82) is 5.26 Å². The van der Waals surface area contributed by atoms with Crippen molar-refractivity contribution in [1.82, 2.24) is 5.32 Å². The molecule has 0 aliphatic carbocycles. The van der Waals surface area contributed by atoms with Crippen LogP contribution < -0.4 is 15.4 Å². The summed E-state index contributed by atoms with van der Waals surface area (Å²) < 4.78 is 5.98. The minimum absolute atomic E-state index is 0.122. The van der Waals surface area contributed by atoms with Crippen LogP contribution in [-0.4, -0.2) is 17.9 Å². The van der Waals surface area contributed by atoms with Crippen LogP contribution in [0.3, 0.4) is 0 Å². The lowest BCUT2D eigenvalue weighted by Gasteiger charge is -2.09. The number of ether oxygens (including phenoxy) is 1. The van der Waals surface area contributed by atoms with Crippen LogP contribution in [0.2, 0.25) is 0 Å². The van der Waals surface area contributed by atoms with E-state index in [-0.39, 0.29) is 22.7 Å². The van der Waals surface area contributed by atoms with Gasteiger partial charge in [-0.25, -0.2) is 0 Å². The molecule has 0 saturated heterocycles. The average Bonchev–Trinajstić information content (AvgIpc) is 2.65. The molecule has 0 aliphatic heterocycles. The van der Waals surface area contributed by atoms with E-state index in [1.807, 2.05) is 30.3 Å². The summed E-state index contributed by atoms with van der Waals surface area (Å²) in [6.45, 7) is 0.429. The van der Waals surface area contributed by atoms with Gasteiger partial charge in [-0.2, -0.15) is 5.26 Å². The van der Waals surface area contributed by atoms with Crippen LogP contribution in [0.15, 0.2) is 58.7 Å². The number of hydrogen-bond acceptors (Lipinski definition) is 6. The first-order valence-corrected chi connectivity index (χ1v) is 8.45. The molecular weight excluding hydrogens is 416 g/mol. The van der Waals surface area contributed by atoms with Crippen LogP contribution in [0, 0.1) is 21.4 Å². The van der Waals surface area contributed by atoms with Gasteiger partial charge in [-0.3, -0.25) is 14.9 Å². The topological polar surface area (TPSA) is 117 Å².